The smallest absolute Gasteiger partial charge is 0.226 e. The molecule has 2 aliphatic carbocycles. The normalized spacial score (nSPS) is 28.5. The Balaban J connectivity index is 1.08. The van der Waals surface area contributed by atoms with Crippen LogP contribution in [0.4, 0.5) is 0 Å². The van der Waals surface area contributed by atoms with Crippen LogP contribution in [0.3, 0.4) is 0 Å². The van der Waals surface area contributed by atoms with Gasteiger partial charge in [0.1, 0.15) is 0 Å². The van der Waals surface area contributed by atoms with Crippen molar-refractivity contribution >= 4 is 17.5 Å². The van der Waals surface area contributed by atoms with Crippen molar-refractivity contribution in [3.63, 3.8) is 0 Å². The standard InChI is InChI=1S/C29H36ClNO/c30-26-8-4-7-25(19-26)23-11-13-24(14-12-23)27-20-28(27)29(32)31-17-15-22(16-18-31)10-9-21-5-2-1-3-6-21/h1-3,5-6,11-14,22,25-28H,4,7-10,15-20H2. The number of alkyl halides is 1. The molecule has 3 heteroatoms. The van der Waals surface area contributed by atoms with E-state index < -0.39 is 0 Å². The zero-order valence-corrected chi connectivity index (χ0v) is 19.9. The van der Waals surface area contributed by atoms with E-state index in [1.54, 1.807) is 0 Å². The Bertz CT molecular complexity index is 887. The molecule has 2 aromatic rings. The lowest BCUT2D eigenvalue weighted by atomic mass is 9.83. The highest BCUT2D eigenvalue weighted by Crippen LogP contribution is 2.49. The predicted molar refractivity (Wildman–Crippen MR) is 132 cm³/mol. The Morgan fingerprint density at radius 3 is 2.31 bits per heavy atom. The van der Waals surface area contributed by atoms with Crippen molar-refractivity contribution in [2.24, 2.45) is 11.8 Å². The molecule has 170 valence electrons. The predicted octanol–water partition coefficient (Wildman–Crippen LogP) is 6.93. The second-order valence-electron chi connectivity index (χ2n) is 10.4. The fraction of sp³-hybridized carbons (Fsp3) is 0.552. The van der Waals surface area contributed by atoms with E-state index in [1.165, 1.54) is 36.0 Å². The second kappa shape index (κ2) is 10.00. The number of amides is 1. The third kappa shape index (κ3) is 5.22. The minimum Gasteiger partial charge on any atom is -0.342 e. The van der Waals surface area contributed by atoms with Crippen LogP contribution in [0.2, 0.25) is 0 Å². The summed E-state index contributed by atoms with van der Waals surface area (Å²) in [7, 11) is 0. The van der Waals surface area contributed by atoms with Gasteiger partial charge in [-0.2, -0.15) is 0 Å². The van der Waals surface area contributed by atoms with Gasteiger partial charge in [-0.15, -0.1) is 11.6 Å². The number of likely N-dealkylation sites (tertiary alicyclic amines) is 1. The number of hydrogen-bond acceptors (Lipinski definition) is 1. The number of piperidine rings is 1. The third-order valence-corrected chi connectivity index (χ3v) is 8.56. The molecule has 2 nitrogen and oxygen atoms in total. The van der Waals surface area contributed by atoms with Gasteiger partial charge in [0.2, 0.25) is 5.91 Å². The van der Waals surface area contributed by atoms with Gasteiger partial charge in [-0.25, -0.2) is 0 Å². The Morgan fingerprint density at radius 1 is 0.875 bits per heavy atom. The zero-order chi connectivity index (χ0) is 21.9. The Morgan fingerprint density at radius 2 is 1.59 bits per heavy atom. The molecule has 0 radical (unpaired) electrons. The number of carbonyl (C=O) groups excluding carboxylic acids is 1. The molecule has 2 aromatic carbocycles. The minimum absolute atomic E-state index is 0.212. The van der Waals surface area contributed by atoms with Gasteiger partial charge in [-0.05, 0) is 85.8 Å². The van der Waals surface area contributed by atoms with Gasteiger partial charge in [0.25, 0.3) is 0 Å². The van der Waals surface area contributed by atoms with Crippen molar-refractivity contribution < 1.29 is 4.79 Å². The lowest BCUT2D eigenvalue weighted by molar-refractivity contribution is -0.134. The topological polar surface area (TPSA) is 20.3 Å². The van der Waals surface area contributed by atoms with Gasteiger partial charge in [-0.1, -0.05) is 61.0 Å². The van der Waals surface area contributed by atoms with E-state index in [0.29, 0.717) is 23.1 Å². The molecule has 1 saturated heterocycles. The van der Waals surface area contributed by atoms with Crippen molar-refractivity contribution in [2.45, 2.75) is 75.0 Å². The average molecular weight is 450 g/mol. The van der Waals surface area contributed by atoms with Gasteiger partial charge in [0.05, 0.1) is 0 Å². The van der Waals surface area contributed by atoms with Crippen molar-refractivity contribution in [3.05, 3.63) is 71.3 Å². The molecule has 5 rings (SSSR count). The molecule has 0 spiro atoms. The SMILES string of the molecule is O=C(C1CC1c1ccc(C2CCCC(Cl)C2)cc1)N1CCC(CCc2ccccc2)CC1. The summed E-state index contributed by atoms with van der Waals surface area (Å²) in [5, 5.41) is 0.335. The monoisotopic (exact) mass is 449 g/mol. The van der Waals surface area contributed by atoms with E-state index >= 15 is 0 Å². The van der Waals surface area contributed by atoms with Crippen LogP contribution in [0.15, 0.2) is 54.6 Å². The summed E-state index contributed by atoms with van der Waals surface area (Å²) >= 11 is 6.39. The van der Waals surface area contributed by atoms with Gasteiger partial charge in [-0.3, -0.25) is 4.79 Å². The summed E-state index contributed by atoms with van der Waals surface area (Å²) in [6.45, 7) is 1.89. The maximum atomic E-state index is 13.1. The van der Waals surface area contributed by atoms with Crippen LogP contribution in [0.5, 0.6) is 0 Å². The first kappa shape index (κ1) is 22.0. The molecule has 4 atom stereocenters. The molecule has 1 heterocycles. The highest BCUT2D eigenvalue weighted by molar-refractivity contribution is 6.20. The summed E-state index contributed by atoms with van der Waals surface area (Å²) in [5.41, 5.74) is 4.21. The lowest BCUT2D eigenvalue weighted by Crippen LogP contribution is -2.39. The Hall–Kier alpha value is -1.80. The Kier molecular flexibility index (Phi) is 6.88. The number of rotatable bonds is 6. The number of benzene rings is 2. The molecule has 4 unspecified atom stereocenters. The molecule has 1 amide bonds. The highest BCUT2D eigenvalue weighted by atomic mass is 35.5. The van der Waals surface area contributed by atoms with Crippen LogP contribution >= 0.6 is 11.6 Å². The summed E-state index contributed by atoms with van der Waals surface area (Å²) in [6.07, 6.45) is 10.5. The maximum Gasteiger partial charge on any atom is 0.226 e. The molecule has 32 heavy (non-hydrogen) atoms. The lowest BCUT2D eigenvalue weighted by Gasteiger charge is -2.32. The van der Waals surface area contributed by atoms with Crippen molar-refractivity contribution in [1.82, 2.24) is 4.90 Å². The second-order valence-corrected chi connectivity index (χ2v) is 11.0. The molecule has 3 aliphatic rings. The van der Waals surface area contributed by atoms with Crippen LogP contribution in [0.1, 0.15) is 79.9 Å². The van der Waals surface area contributed by atoms with Gasteiger partial charge < -0.3 is 4.90 Å². The molecule has 1 aliphatic heterocycles. The van der Waals surface area contributed by atoms with Crippen LogP contribution in [0.25, 0.3) is 0 Å². The molecule has 0 bridgehead atoms. The van der Waals surface area contributed by atoms with Gasteiger partial charge in [0.15, 0.2) is 0 Å². The number of nitrogens with zero attached hydrogens (tertiary/aromatic N) is 1. The van der Waals surface area contributed by atoms with Crippen molar-refractivity contribution in [1.29, 1.82) is 0 Å². The molecular weight excluding hydrogens is 414 g/mol. The van der Waals surface area contributed by atoms with Gasteiger partial charge in [0, 0.05) is 24.4 Å². The fourth-order valence-corrected chi connectivity index (χ4v) is 6.35. The number of carbonyl (C=O) groups is 1. The largest absolute Gasteiger partial charge is 0.342 e. The number of aryl methyl sites for hydroxylation is 1. The summed E-state index contributed by atoms with van der Waals surface area (Å²) in [5.74, 6) is 2.41. The van der Waals surface area contributed by atoms with Crippen molar-refractivity contribution in [3.8, 4) is 0 Å². The third-order valence-electron chi connectivity index (χ3n) is 8.16. The quantitative estimate of drug-likeness (QED) is 0.438. The van der Waals surface area contributed by atoms with E-state index in [9.17, 15) is 4.79 Å². The van der Waals surface area contributed by atoms with Crippen LogP contribution < -0.4 is 0 Å². The van der Waals surface area contributed by atoms with Crippen LogP contribution in [0, 0.1) is 11.8 Å². The molecular formula is C29H36ClNO. The van der Waals surface area contributed by atoms with Crippen LogP contribution in [-0.2, 0) is 11.2 Å². The first-order valence-corrected chi connectivity index (χ1v) is 13.2. The Labute approximate surface area is 198 Å². The number of halogens is 1. The van der Waals surface area contributed by atoms with Crippen LogP contribution in [-0.4, -0.2) is 29.3 Å². The van der Waals surface area contributed by atoms with E-state index in [1.807, 2.05) is 0 Å². The average Bonchev–Trinajstić information content (AvgIpc) is 3.64. The summed E-state index contributed by atoms with van der Waals surface area (Å²) in [4.78, 5) is 15.2. The molecule has 3 fully saturated rings. The molecule has 2 saturated carbocycles. The van der Waals surface area contributed by atoms with Crippen molar-refractivity contribution in [2.75, 3.05) is 13.1 Å². The summed E-state index contributed by atoms with van der Waals surface area (Å²) < 4.78 is 0. The van der Waals surface area contributed by atoms with E-state index in [0.717, 1.165) is 57.5 Å². The molecule has 0 N–H and O–H groups in total. The minimum atomic E-state index is 0.212. The first-order valence-electron chi connectivity index (χ1n) is 12.7. The first-order chi connectivity index (χ1) is 15.7. The number of hydrogen-bond donors (Lipinski definition) is 0. The van der Waals surface area contributed by atoms with Gasteiger partial charge >= 0.3 is 0 Å². The zero-order valence-electron chi connectivity index (χ0n) is 19.1. The van der Waals surface area contributed by atoms with E-state index in [-0.39, 0.29) is 5.92 Å². The van der Waals surface area contributed by atoms with E-state index in [4.69, 9.17) is 11.6 Å². The highest BCUT2D eigenvalue weighted by Gasteiger charge is 2.46. The van der Waals surface area contributed by atoms with E-state index in [2.05, 4.69) is 59.5 Å². The molecule has 0 aromatic heterocycles. The fourth-order valence-electron chi connectivity index (χ4n) is 5.98. The maximum absolute atomic E-state index is 13.1. The summed E-state index contributed by atoms with van der Waals surface area (Å²) in [6, 6.07) is 19.9.